The number of carboxylic acid groups (broad SMARTS) is 1. The highest BCUT2D eigenvalue weighted by molar-refractivity contribution is 5.87. The Morgan fingerprint density at radius 1 is 0.851 bits per heavy atom. The Kier molecular flexibility index (Phi) is 12.2. The molecule has 14 nitrogen and oxygen atoms in total. The molecule has 0 bridgehead atoms. The summed E-state index contributed by atoms with van der Waals surface area (Å²) in [6, 6.07) is -1.86. The van der Waals surface area contributed by atoms with E-state index in [2.05, 4.69) is 30.6 Å². The van der Waals surface area contributed by atoms with E-state index < -0.39 is 24.3 Å². The Hall–Kier alpha value is -4.62. The van der Waals surface area contributed by atoms with Crippen molar-refractivity contribution in [2.24, 2.45) is 11.8 Å². The fourth-order valence-corrected chi connectivity index (χ4v) is 6.18. The lowest BCUT2D eigenvalue weighted by atomic mass is 10.0. The molecule has 4 heterocycles. The van der Waals surface area contributed by atoms with E-state index in [1.165, 1.54) is 7.11 Å². The molecule has 47 heavy (non-hydrogen) atoms. The van der Waals surface area contributed by atoms with Crippen LogP contribution in [0.25, 0.3) is 0 Å². The fourth-order valence-electron chi connectivity index (χ4n) is 6.18. The SMILES string of the molecule is COC(=O)N[C@H](C(=O)N1CCC[C@H]1c1ncc(CC=CC=CCc2cnc([C@@H]3CCCN3C(=O)[C@@H](NC(=O)O)C(C)C)[nH]2)[nH]1)C(C)C. The van der Waals surface area contributed by atoms with Crippen molar-refractivity contribution in [2.45, 2.75) is 90.4 Å². The molecule has 4 amide bonds. The van der Waals surface area contributed by atoms with Crippen molar-refractivity contribution < 1.29 is 29.0 Å². The van der Waals surface area contributed by atoms with E-state index in [0.29, 0.717) is 31.8 Å². The minimum atomic E-state index is -1.21. The molecular weight excluding hydrogens is 604 g/mol. The van der Waals surface area contributed by atoms with Gasteiger partial charge < -0.3 is 40.2 Å². The Morgan fingerprint density at radius 2 is 1.30 bits per heavy atom. The molecule has 0 spiro atoms. The highest BCUT2D eigenvalue weighted by atomic mass is 16.5. The van der Waals surface area contributed by atoms with Gasteiger partial charge in [0.2, 0.25) is 11.8 Å². The van der Waals surface area contributed by atoms with Crippen LogP contribution in [-0.4, -0.2) is 91.1 Å². The number of hydrogen-bond acceptors (Lipinski definition) is 7. The van der Waals surface area contributed by atoms with Crippen LogP contribution < -0.4 is 10.6 Å². The quantitative estimate of drug-likeness (QED) is 0.201. The number of allylic oxidation sites excluding steroid dienone is 4. The first-order chi connectivity index (χ1) is 22.5. The molecule has 5 N–H and O–H groups in total. The van der Waals surface area contributed by atoms with Crippen LogP contribution >= 0.6 is 0 Å². The smallest absolute Gasteiger partial charge is 0.407 e. The zero-order valence-corrected chi connectivity index (χ0v) is 27.9. The number of ether oxygens (including phenoxy) is 1. The summed E-state index contributed by atoms with van der Waals surface area (Å²) in [5, 5.41) is 14.2. The van der Waals surface area contributed by atoms with Crippen molar-refractivity contribution >= 4 is 24.0 Å². The average Bonchev–Trinajstić information content (AvgIpc) is 3.85. The third-order valence-electron chi connectivity index (χ3n) is 8.66. The van der Waals surface area contributed by atoms with Crippen molar-refractivity contribution in [1.82, 2.24) is 40.4 Å². The molecule has 2 fully saturated rings. The molecule has 2 saturated heterocycles. The molecule has 14 heteroatoms. The predicted molar refractivity (Wildman–Crippen MR) is 174 cm³/mol. The molecule has 2 aromatic heterocycles. The second-order valence-corrected chi connectivity index (χ2v) is 12.8. The van der Waals surface area contributed by atoms with Crippen LogP contribution in [0.1, 0.15) is 88.5 Å². The number of nitrogens with zero attached hydrogens (tertiary/aromatic N) is 4. The number of amides is 4. The van der Waals surface area contributed by atoms with E-state index in [-0.39, 0.29) is 35.7 Å². The summed E-state index contributed by atoms with van der Waals surface area (Å²) in [7, 11) is 1.28. The normalized spacial score (nSPS) is 19.6. The minimum Gasteiger partial charge on any atom is -0.465 e. The number of rotatable bonds is 13. The maximum atomic E-state index is 13.3. The van der Waals surface area contributed by atoms with Gasteiger partial charge in [-0.15, -0.1) is 0 Å². The molecule has 4 rings (SSSR count). The largest absolute Gasteiger partial charge is 0.465 e. The Morgan fingerprint density at radius 3 is 1.70 bits per heavy atom. The van der Waals surface area contributed by atoms with E-state index in [4.69, 9.17) is 4.74 Å². The van der Waals surface area contributed by atoms with Gasteiger partial charge >= 0.3 is 12.2 Å². The molecule has 2 aromatic rings. The van der Waals surface area contributed by atoms with Gasteiger partial charge in [-0.05, 0) is 37.5 Å². The van der Waals surface area contributed by atoms with E-state index in [0.717, 1.165) is 42.9 Å². The minimum absolute atomic E-state index is 0.0934. The lowest BCUT2D eigenvalue weighted by Crippen LogP contribution is -2.51. The second kappa shape index (κ2) is 16.3. The number of hydrogen-bond donors (Lipinski definition) is 5. The summed E-state index contributed by atoms with van der Waals surface area (Å²) in [6.07, 6.45) is 14.2. The predicted octanol–water partition coefficient (Wildman–Crippen LogP) is 4.03. The van der Waals surface area contributed by atoms with Crippen LogP contribution in [0.15, 0.2) is 36.7 Å². The summed E-state index contributed by atoms with van der Waals surface area (Å²) in [5.41, 5.74) is 1.85. The van der Waals surface area contributed by atoms with Crippen molar-refractivity contribution in [3.8, 4) is 0 Å². The van der Waals surface area contributed by atoms with Gasteiger partial charge in [-0.2, -0.15) is 0 Å². The zero-order chi connectivity index (χ0) is 34.1. The van der Waals surface area contributed by atoms with Crippen molar-refractivity contribution in [3.63, 3.8) is 0 Å². The van der Waals surface area contributed by atoms with Gasteiger partial charge in [0.1, 0.15) is 23.7 Å². The average molecular weight is 653 g/mol. The van der Waals surface area contributed by atoms with E-state index in [9.17, 15) is 24.3 Å². The molecule has 4 atom stereocenters. The lowest BCUT2D eigenvalue weighted by molar-refractivity contribution is -0.136. The number of methoxy groups -OCH3 is 1. The van der Waals surface area contributed by atoms with Gasteiger partial charge in [-0.1, -0.05) is 52.0 Å². The third kappa shape index (κ3) is 9.01. The van der Waals surface area contributed by atoms with Gasteiger partial charge in [0.05, 0.1) is 19.2 Å². The van der Waals surface area contributed by atoms with Gasteiger partial charge in [0.15, 0.2) is 0 Å². The number of likely N-dealkylation sites (tertiary alicyclic amines) is 2. The molecule has 0 aliphatic carbocycles. The monoisotopic (exact) mass is 652 g/mol. The lowest BCUT2D eigenvalue weighted by Gasteiger charge is -2.30. The Bertz CT molecular complexity index is 1450. The molecular formula is C33H48N8O6. The second-order valence-electron chi connectivity index (χ2n) is 12.8. The first kappa shape index (κ1) is 35.2. The molecule has 0 unspecified atom stereocenters. The molecule has 2 aliphatic heterocycles. The Labute approximate surface area is 275 Å². The molecule has 0 aromatic carbocycles. The molecule has 0 radical (unpaired) electrons. The number of alkyl carbamates (subject to hydrolysis) is 1. The van der Waals surface area contributed by atoms with Crippen molar-refractivity contribution in [3.05, 3.63) is 59.7 Å². The van der Waals surface area contributed by atoms with Crippen LogP contribution in [0.4, 0.5) is 9.59 Å². The summed E-state index contributed by atoms with van der Waals surface area (Å²) in [6.45, 7) is 8.61. The van der Waals surface area contributed by atoms with Gasteiger partial charge in [0.25, 0.3) is 0 Å². The summed E-state index contributed by atoms with van der Waals surface area (Å²) in [4.78, 5) is 68.9. The molecule has 0 saturated carbocycles. The van der Waals surface area contributed by atoms with Crippen LogP contribution in [0, 0.1) is 11.8 Å². The summed E-state index contributed by atoms with van der Waals surface area (Å²) in [5.74, 6) is 0.829. The summed E-state index contributed by atoms with van der Waals surface area (Å²) >= 11 is 0. The zero-order valence-electron chi connectivity index (χ0n) is 27.9. The molecule has 256 valence electrons. The van der Waals surface area contributed by atoms with E-state index >= 15 is 0 Å². The van der Waals surface area contributed by atoms with Crippen molar-refractivity contribution in [1.29, 1.82) is 0 Å². The Balaban J connectivity index is 1.28. The van der Waals surface area contributed by atoms with Crippen LogP contribution in [0.5, 0.6) is 0 Å². The van der Waals surface area contributed by atoms with Crippen molar-refractivity contribution in [2.75, 3.05) is 20.2 Å². The third-order valence-corrected chi connectivity index (χ3v) is 8.66. The van der Waals surface area contributed by atoms with Crippen LogP contribution in [0.3, 0.4) is 0 Å². The standard InChI is InChI=1S/C33H48N8O6/c1-20(2)26(38-32(44)45)30(42)40-16-10-14-24(40)28-34-18-22(36-28)12-8-6-7-9-13-23-19-35-29(37-23)25-15-11-17-41(25)31(43)27(21(3)4)39-33(46)47-5/h6-9,18-21,24-27,38H,10-17H2,1-5H3,(H,34,36)(H,35,37)(H,39,46)(H,44,45)/t24-,25-,26-,27-/m0/s1. The van der Waals surface area contributed by atoms with Crippen LogP contribution in [0.2, 0.25) is 0 Å². The number of H-pyrrole nitrogens is 2. The van der Waals surface area contributed by atoms with Crippen LogP contribution in [-0.2, 0) is 27.2 Å². The highest BCUT2D eigenvalue weighted by Crippen LogP contribution is 2.32. The number of aromatic nitrogens is 4. The first-order valence-corrected chi connectivity index (χ1v) is 16.3. The van der Waals surface area contributed by atoms with E-state index in [1.54, 1.807) is 22.2 Å². The van der Waals surface area contributed by atoms with E-state index in [1.807, 2.05) is 52.0 Å². The van der Waals surface area contributed by atoms with Gasteiger partial charge in [0, 0.05) is 49.7 Å². The summed E-state index contributed by atoms with van der Waals surface area (Å²) < 4.78 is 4.71. The number of carbonyl (C=O) groups excluding carboxylic acids is 3. The maximum Gasteiger partial charge on any atom is 0.407 e. The number of nitrogens with one attached hydrogen (secondary N) is 4. The number of imidazole rings is 2. The number of aromatic amines is 2. The fraction of sp³-hybridized carbons (Fsp3) is 0.576. The van der Waals surface area contributed by atoms with Gasteiger partial charge in [-0.3, -0.25) is 9.59 Å². The maximum absolute atomic E-state index is 13.3. The highest BCUT2D eigenvalue weighted by Gasteiger charge is 2.38. The number of carbonyl (C=O) groups is 4. The molecule has 2 aliphatic rings. The van der Waals surface area contributed by atoms with Gasteiger partial charge in [-0.25, -0.2) is 19.6 Å². The first-order valence-electron chi connectivity index (χ1n) is 16.3. The topological polar surface area (TPSA) is 186 Å².